The smallest absolute Gasteiger partial charge is 0.264 e. The van der Waals surface area contributed by atoms with E-state index in [-0.39, 0.29) is 46.8 Å². The first-order chi connectivity index (χ1) is 22.8. The van der Waals surface area contributed by atoms with Crippen LogP contribution >= 0.6 is 0 Å². The molecule has 4 aromatic rings. The summed E-state index contributed by atoms with van der Waals surface area (Å²) in [4.78, 5) is 36.8. The topological polar surface area (TPSA) is 131 Å². The zero-order chi connectivity index (χ0) is 34.2. The summed E-state index contributed by atoms with van der Waals surface area (Å²) in [5.41, 5.74) is 3.38. The van der Waals surface area contributed by atoms with Gasteiger partial charge in [-0.25, -0.2) is 28.1 Å². The zero-order valence-corrected chi connectivity index (χ0v) is 29.2. The van der Waals surface area contributed by atoms with Crippen LogP contribution in [0.3, 0.4) is 0 Å². The maximum Gasteiger partial charge on any atom is 0.264 e. The van der Waals surface area contributed by atoms with Crippen LogP contribution in [0, 0.1) is 19.3 Å². The Balaban J connectivity index is 1.46. The second kappa shape index (κ2) is 13.1. The van der Waals surface area contributed by atoms with Crippen molar-refractivity contribution in [2.24, 2.45) is 5.41 Å². The van der Waals surface area contributed by atoms with Crippen LogP contribution in [-0.4, -0.2) is 64.9 Å². The quantitative estimate of drug-likeness (QED) is 0.256. The van der Waals surface area contributed by atoms with Crippen molar-refractivity contribution in [2.45, 2.75) is 83.8 Å². The Morgan fingerprint density at radius 2 is 1.73 bits per heavy atom. The lowest BCUT2D eigenvalue weighted by atomic mass is 9.87. The number of nitrogens with zero attached hydrogens (tertiary/aromatic N) is 6. The SMILES string of the molecule is Cc1cccc(C)c1-c1cc2nc(n1)NS(=O)(=O)c1cccc(c1)C(=O)N(Cc1nccc(N(C)C3CCC3)n1)[C@H](CC(C)(C)C)CO2. The Bertz CT molecular complexity index is 1920. The van der Waals surface area contributed by atoms with E-state index in [0.29, 0.717) is 24.0 Å². The van der Waals surface area contributed by atoms with Crippen LogP contribution < -0.4 is 14.4 Å². The normalized spacial score (nSPS) is 18.0. The highest BCUT2D eigenvalue weighted by Gasteiger charge is 2.32. The molecular weight excluding hydrogens is 627 g/mol. The molecule has 1 aliphatic heterocycles. The minimum atomic E-state index is -4.17. The number of hydrogen-bond donors (Lipinski definition) is 1. The highest BCUT2D eigenvalue weighted by molar-refractivity contribution is 7.92. The fourth-order valence-electron chi connectivity index (χ4n) is 6.32. The van der Waals surface area contributed by atoms with Gasteiger partial charge in [-0.1, -0.05) is 45.0 Å². The summed E-state index contributed by atoms with van der Waals surface area (Å²) in [7, 11) is -2.13. The number of sulfonamides is 1. The lowest BCUT2D eigenvalue weighted by Crippen LogP contribution is -2.45. The Morgan fingerprint density at radius 3 is 2.42 bits per heavy atom. The summed E-state index contributed by atoms with van der Waals surface area (Å²) >= 11 is 0. The molecule has 2 aromatic carbocycles. The molecule has 48 heavy (non-hydrogen) atoms. The molecule has 1 amide bonds. The van der Waals surface area contributed by atoms with Crippen LogP contribution in [0.4, 0.5) is 11.8 Å². The van der Waals surface area contributed by atoms with Gasteiger partial charge in [-0.2, -0.15) is 4.98 Å². The van der Waals surface area contributed by atoms with Crippen LogP contribution in [0.5, 0.6) is 5.88 Å². The number of nitrogens with one attached hydrogen (secondary N) is 1. The van der Waals surface area contributed by atoms with E-state index < -0.39 is 16.1 Å². The lowest BCUT2D eigenvalue weighted by molar-refractivity contribution is 0.0505. The Kier molecular flexibility index (Phi) is 9.12. The first kappa shape index (κ1) is 33.3. The second-order valence-electron chi connectivity index (χ2n) is 14.0. The van der Waals surface area contributed by atoms with Gasteiger partial charge in [-0.15, -0.1) is 0 Å². The van der Waals surface area contributed by atoms with Crippen LogP contribution in [0.25, 0.3) is 11.3 Å². The maximum atomic E-state index is 14.5. The molecule has 1 fully saturated rings. The van der Waals surface area contributed by atoms with Gasteiger partial charge < -0.3 is 14.5 Å². The van der Waals surface area contributed by atoms with Gasteiger partial charge in [0.05, 0.1) is 23.2 Å². The van der Waals surface area contributed by atoms with E-state index in [9.17, 15) is 13.2 Å². The zero-order valence-electron chi connectivity index (χ0n) is 28.4. The van der Waals surface area contributed by atoms with Crippen molar-refractivity contribution in [3.05, 3.63) is 83.3 Å². The third-order valence-electron chi connectivity index (χ3n) is 9.02. The van der Waals surface area contributed by atoms with Gasteiger partial charge >= 0.3 is 0 Å². The molecule has 0 spiro atoms. The van der Waals surface area contributed by atoms with Crippen molar-refractivity contribution in [2.75, 3.05) is 23.3 Å². The molecule has 2 aromatic heterocycles. The van der Waals surface area contributed by atoms with E-state index in [1.165, 1.54) is 18.6 Å². The number of carbonyl (C=O) groups excluding carboxylic acids is 1. The van der Waals surface area contributed by atoms with Gasteiger partial charge in [0, 0.05) is 36.5 Å². The molecule has 1 atom stereocenters. The molecule has 6 rings (SSSR count). The fraction of sp³-hybridized carbons (Fsp3) is 0.417. The average Bonchev–Trinajstić information content (AvgIpc) is 3.00. The monoisotopic (exact) mass is 669 g/mol. The molecular formula is C36H43N7O4S. The number of fused-ring (bicyclic) bond motifs is 4. The van der Waals surface area contributed by atoms with E-state index in [1.54, 1.807) is 29.3 Å². The van der Waals surface area contributed by atoms with Crippen molar-refractivity contribution in [3.63, 3.8) is 0 Å². The van der Waals surface area contributed by atoms with Crippen molar-refractivity contribution in [1.82, 2.24) is 24.8 Å². The first-order valence-electron chi connectivity index (χ1n) is 16.3. The van der Waals surface area contributed by atoms with Crippen molar-refractivity contribution in [1.29, 1.82) is 0 Å². The molecule has 1 N–H and O–H groups in total. The number of amides is 1. The number of rotatable bonds is 6. The van der Waals surface area contributed by atoms with Crippen LogP contribution in [0.2, 0.25) is 0 Å². The van der Waals surface area contributed by atoms with Gasteiger partial charge in [0.1, 0.15) is 18.2 Å². The summed E-state index contributed by atoms with van der Waals surface area (Å²) in [6.45, 7) is 10.5. The molecule has 1 saturated carbocycles. The highest BCUT2D eigenvalue weighted by Crippen LogP contribution is 2.32. The minimum absolute atomic E-state index is 0.0798. The largest absolute Gasteiger partial charge is 0.475 e. The number of carbonyl (C=O) groups is 1. The van der Waals surface area contributed by atoms with Gasteiger partial charge in [0.2, 0.25) is 11.8 Å². The number of benzene rings is 2. The Labute approximate surface area is 282 Å². The van der Waals surface area contributed by atoms with Crippen molar-refractivity contribution < 1.29 is 17.9 Å². The number of anilines is 2. The Morgan fingerprint density at radius 1 is 1.00 bits per heavy atom. The average molecular weight is 670 g/mol. The maximum absolute atomic E-state index is 14.5. The molecule has 3 heterocycles. The predicted molar refractivity (Wildman–Crippen MR) is 185 cm³/mol. The standard InChI is InChI=1S/C36H43N7O4S/c1-23-10-7-11-24(2)33(23)29-19-32-40-35(38-29)41-48(45,46)28-15-8-12-25(18-28)34(44)43(27(22-47-32)20-36(3,4)5)21-30-37-17-16-31(39-30)42(6)26-13-9-14-26/h7-8,10-12,15-19,26-27H,9,13-14,20-22H2,1-6H3,(H,38,40,41)/t27-/m1/s1. The molecule has 12 heteroatoms. The van der Waals surface area contributed by atoms with Gasteiger partial charge in [0.15, 0.2) is 0 Å². The molecule has 0 saturated heterocycles. The van der Waals surface area contributed by atoms with Gasteiger partial charge in [-0.05, 0) is 80.3 Å². The third kappa shape index (κ3) is 7.28. The molecule has 4 bridgehead atoms. The van der Waals surface area contributed by atoms with Gasteiger partial charge in [0.25, 0.3) is 15.9 Å². The van der Waals surface area contributed by atoms with E-state index in [0.717, 1.165) is 35.3 Å². The minimum Gasteiger partial charge on any atom is -0.475 e. The van der Waals surface area contributed by atoms with E-state index in [2.05, 4.69) is 45.3 Å². The van der Waals surface area contributed by atoms with Crippen molar-refractivity contribution in [3.8, 4) is 17.1 Å². The molecule has 1 aliphatic carbocycles. The van der Waals surface area contributed by atoms with Crippen LogP contribution in [0.1, 0.15) is 73.8 Å². The Hall–Kier alpha value is -4.58. The second-order valence-corrected chi connectivity index (χ2v) is 15.7. The summed E-state index contributed by atoms with van der Waals surface area (Å²) in [6.07, 6.45) is 5.75. The number of aryl methyl sites for hydroxylation is 2. The highest BCUT2D eigenvalue weighted by atomic mass is 32.2. The summed E-state index contributed by atoms with van der Waals surface area (Å²) in [6, 6.07) is 15.6. The fourth-order valence-corrected chi connectivity index (χ4v) is 7.31. The number of aromatic nitrogens is 4. The summed E-state index contributed by atoms with van der Waals surface area (Å²) in [5, 5.41) is 0. The van der Waals surface area contributed by atoms with Crippen LogP contribution in [0.15, 0.2) is 65.7 Å². The number of hydrogen-bond acceptors (Lipinski definition) is 9. The molecule has 2 aliphatic rings. The van der Waals surface area contributed by atoms with Gasteiger partial charge in [-0.3, -0.25) is 4.79 Å². The lowest BCUT2D eigenvalue weighted by Gasteiger charge is -2.36. The molecule has 0 radical (unpaired) electrons. The van der Waals surface area contributed by atoms with E-state index in [1.807, 2.05) is 45.2 Å². The molecule has 252 valence electrons. The molecule has 0 unspecified atom stereocenters. The summed E-state index contributed by atoms with van der Waals surface area (Å²) < 4.78 is 36.3. The third-order valence-corrected chi connectivity index (χ3v) is 10.3. The van der Waals surface area contributed by atoms with Crippen molar-refractivity contribution >= 4 is 27.7 Å². The predicted octanol–water partition coefficient (Wildman–Crippen LogP) is 6.18. The van der Waals surface area contributed by atoms with Crippen LogP contribution in [-0.2, 0) is 16.6 Å². The van der Waals surface area contributed by atoms with E-state index >= 15 is 0 Å². The molecule has 11 nitrogen and oxygen atoms in total. The summed E-state index contributed by atoms with van der Waals surface area (Å²) in [5.74, 6) is 1.02. The number of ether oxygens (including phenoxy) is 1. The first-order valence-corrected chi connectivity index (χ1v) is 17.8. The van der Waals surface area contributed by atoms with E-state index in [4.69, 9.17) is 9.72 Å².